The standard InChI is InChI=1S/C6H6F2N2O3S/c7-6(8)5-4(14(9,12)13)1-3(11)2-10-5/h1-2,6,11H,(H2,9,12,13). The van der Waals surface area contributed by atoms with Gasteiger partial charge in [0.25, 0.3) is 6.43 Å². The van der Waals surface area contributed by atoms with Gasteiger partial charge in [-0.3, -0.25) is 0 Å². The second-order valence-corrected chi connectivity index (χ2v) is 3.95. The lowest BCUT2D eigenvalue weighted by Gasteiger charge is -2.05. The van der Waals surface area contributed by atoms with Gasteiger partial charge in [-0.1, -0.05) is 0 Å². The molecule has 1 rings (SSSR count). The minimum absolute atomic E-state index is 0.543. The van der Waals surface area contributed by atoms with Gasteiger partial charge in [0.1, 0.15) is 16.3 Å². The average Bonchev–Trinajstić information content (AvgIpc) is 2.01. The topological polar surface area (TPSA) is 93.3 Å². The van der Waals surface area contributed by atoms with E-state index in [1.165, 1.54) is 0 Å². The van der Waals surface area contributed by atoms with E-state index in [0.29, 0.717) is 6.07 Å². The maximum atomic E-state index is 12.2. The summed E-state index contributed by atoms with van der Waals surface area (Å²) in [5.41, 5.74) is -0.967. The van der Waals surface area contributed by atoms with E-state index in [4.69, 9.17) is 5.11 Å². The zero-order valence-electron chi connectivity index (χ0n) is 6.68. The zero-order chi connectivity index (χ0) is 10.9. The predicted octanol–water partition coefficient (Wildman–Crippen LogP) is 0.372. The summed E-state index contributed by atoms with van der Waals surface area (Å²) < 4.78 is 46.1. The summed E-state index contributed by atoms with van der Waals surface area (Å²) in [6, 6.07) is 0.629. The van der Waals surface area contributed by atoms with Crippen LogP contribution in [0.15, 0.2) is 17.2 Å². The van der Waals surface area contributed by atoms with Crippen molar-refractivity contribution in [2.24, 2.45) is 5.14 Å². The van der Waals surface area contributed by atoms with Gasteiger partial charge in [-0.2, -0.15) is 0 Å². The first-order valence-electron chi connectivity index (χ1n) is 3.32. The summed E-state index contributed by atoms with van der Waals surface area (Å²) in [4.78, 5) is 2.22. The molecule has 0 aliphatic heterocycles. The Morgan fingerprint density at radius 2 is 2.07 bits per heavy atom. The monoisotopic (exact) mass is 224 g/mol. The van der Waals surface area contributed by atoms with Crippen LogP contribution in [0.2, 0.25) is 0 Å². The van der Waals surface area contributed by atoms with Crippen molar-refractivity contribution in [3.05, 3.63) is 18.0 Å². The summed E-state index contributed by atoms with van der Waals surface area (Å²) in [5.74, 6) is -0.543. The molecule has 1 heterocycles. The fourth-order valence-electron chi connectivity index (χ4n) is 0.837. The van der Waals surface area contributed by atoms with Crippen LogP contribution in [0.3, 0.4) is 0 Å². The van der Waals surface area contributed by atoms with Crippen LogP contribution < -0.4 is 5.14 Å². The SMILES string of the molecule is NS(=O)(=O)c1cc(O)cnc1C(F)F. The van der Waals surface area contributed by atoms with Gasteiger partial charge in [-0.15, -0.1) is 0 Å². The molecule has 1 aromatic heterocycles. The number of primary sulfonamides is 1. The minimum atomic E-state index is -4.30. The van der Waals surface area contributed by atoms with Gasteiger partial charge in [-0.25, -0.2) is 27.3 Å². The highest BCUT2D eigenvalue weighted by molar-refractivity contribution is 7.89. The van der Waals surface area contributed by atoms with E-state index in [9.17, 15) is 17.2 Å². The molecular weight excluding hydrogens is 218 g/mol. The number of hydrogen-bond acceptors (Lipinski definition) is 4. The number of halogens is 2. The third-order valence-corrected chi connectivity index (χ3v) is 2.32. The van der Waals surface area contributed by atoms with Gasteiger partial charge in [0.2, 0.25) is 10.0 Å². The van der Waals surface area contributed by atoms with Gasteiger partial charge in [0, 0.05) is 6.07 Å². The van der Waals surface area contributed by atoms with E-state index in [1.807, 2.05) is 0 Å². The van der Waals surface area contributed by atoms with Crippen molar-refractivity contribution in [3.8, 4) is 5.75 Å². The molecule has 0 atom stereocenters. The summed E-state index contributed by atoms with van der Waals surface area (Å²) in [5, 5.41) is 13.5. The highest BCUT2D eigenvalue weighted by Gasteiger charge is 2.22. The van der Waals surface area contributed by atoms with E-state index in [0.717, 1.165) is 6.20 Å². The first-order chi connectivity index (χ1) is 6.32. The smallest absolute Gasteiger partial charge is 0.281 e. The number of aromatic hydroxyl groups is 1. The van der Waals surface area contributed by atoms with Crippen molar-refractivity contribution >= 4 is 10.0 Å². The Balaban J connectivity index is 3.46. The Morgan fingerprint density at radius 3 is 2.50 bits per heavy atom. The zero-order valence-corrected chi connectivity index (χ0v) is 7.50. The molecule has 8 heteroatoms. The molecule has 0 aliphatic carbocycles. The lowest BCUT2D eigenvalue weighted by molar-refractivity contribution is 0.142. The molecule has 0 bridgehead atoms. The molecule has 78 valence electrons. The van der Waals surface area contributed by atoms with Crippen LogP contribution in [0.5, 0.6) is 5.75 Å². The van der Waals surface area contributed by atoms with Crippen molar-refractivity contribution in [2.45, 2.75) is 11.3 Å². The number of pyridine rings is 1. The molecule has 14 heavy (non-hydrogen) atoms. The molecule has 0 amide bonds. The lowest BCUT2D eigenvalue weighted by atomic mass is 10.3. The predicted molar refractivity (Wildman–Crippen MR) is 42.2 cm³/mol. The highest BCUT2D eigenvalue weighted by atomic mass is 32.2. The van der Waals surface area contributed by atoms with Crippen LogP contribution >= 0.6 is 0 Å². The van der Waals surface area contributed by atoms with Crippen molar-refractivity contribution in [2.75, 3.05) is 0 Å². The van der Waals surface area contributed by atoms with E-state index in [1.54, 1.807) is 0 Å². The number of hydrogen-bond donors (Lipinski definition) is 2. The Labute approximate surface area is 78.2 Å². The Morgan fingerprint density at radius 1 is 1.50 bits per heavy atom. The number of nitrogens with zero attached hydrogens (tertiary/aromatic N) is 1. The maximum Gasteiger partial charge on any atom is 0.281 e. The van der Waals surface area contributed by atoms with E-state index in [2.05, 4.69) is 10.1 Å². The molecule has 5 nitrogen and oxygen atoms in total. The van der Waals surface area contributed by atoms with Crippen LogP contribution in [0, 0.1) is 0 Å². The van der Waals surface area contributed by atoms with E-state index < -0.39 is 32.8 Å². The second-order valence-electron chi connectivity index (χ2n) is 2.42. The molecule has 1 aromatic rings. The molecule has 0 spiro atoms. The van der Waals surface area contributed by atoms with Gasteiger partial charge in [-0.05, 0) is 0 Å². The Bertz CT molecular complexity index is 446. The third-order valence-electron chi connectivity index (χ3n) is 1.38. The second kappa shape index (κ2) is 3.46. The average molecular weight is 224 g/mol. The van der Waals surface area contributed by atoms with E-state index in [-0.39, 0.29) is 0 Å². The number of alkyl halides is 2. The van der Waals surface area contributed by atoms with Crippen LogP contribution in [0.4, 0.5) is 8.78 Å². The maximum absolute atomic E-state index is 12.2. The number of aromatic nitrogens is 1. The van der Waals surface area contributed by atoms with Gasteiger partial charge >= 0.3 is 0 Å². The minimum Gasteiger partial charge on any atom is -0.506 e. The van der Waals surface area contributed by atoms with Crippen molar-refractivity contribution < 1.29 is 22.3 Å². The summed E-state index contributed by atoms with van der Waals surface area (Å²) in [6.45, 7) is 0. The normalized spacial score (nSPS) is 12.0. The van der Waals surface area contributed by atoms with Crippen LogP contribution in [0.25, 0.3) is 0 Å². The number of sulfonamides is 1. The molecule has 0 aliphatic rings. The molecule has 3 N–H and O–H groups in total. The largest absolute Gasteiger partial charge is 0.506 e. The van der Waals surface area contributed by atoms with Crippen LogP contribution in [-0.2, 0) is 10.0 Å². The lowest BCUT2D eigenvalue weighted by Crippen LogP contribution is -2.15. The van der Waals surface area contributed by atoms with Crippen molar-refractivity contribution in [1.29, 1.82) is 0 Å². The van der Waals surface area contributed by atoms with Gasteiger partial charge in [0.05, 0.1) is 6.20 Å². The molecule has 0 radical (unpaired) electrons. The van der Waals surface area contributed by atoms with Gasteiger partial charge in [0.15, 0.2) is 0 Å². The highest BCUT2D eigenvalue weighted by Crippen LogP contribution is 2.25. The molecule has 0 aromatic carbocycles. The molecular formula is C6H6F2N2O3S. The first-order valence-corrected chi connectivity index (χ1v) is 4.87. The van der Waals surface area contributed by atoms with Crippen LogP contribution in [0.1, 0.15) is 12.1 Å². The molecule has 0 saturated heterocycles. The Hall–Kier alpha value is -1.28. The summed E-state index contributed by atoms with van der Waals surface area (Å²) >= 11 is 0. The number of nitrogens with two attached hydrogens (primary N) is 1. The molecule has 0 unspecified atom stereocenters. The summed E-state index contributed by atoms with van der Waals surface area (Å²) in [6.07, 6.45) is -2.35. The molecule has 0 saturated carbocycles. The number of rotatable bonds is 2. The van der Waals surface area contributed by atoms with Gasteiger partial charge < -0.3 is 5.11 Å². The van der Waals surface area contributed by atoms with Crippen LogP contribution in [-0.4, -0.2) is 18.5 Å². The summed E-state index contributed by atoms with van der Waals surface area (Å²) in [7, 11) is -4.30. The fraction of sp³-hybridized carbons (Fsp3) is 0.167. The Kier molecular flexibility index (Phi) is 2.67. The van der Waals surface area contributed by atoms with E-state index >= 15 is 0 Å². The van der Waals surface area contributed by atoms with Crippen molar-refractivity contribution in [3.63, 3.8) is 0 Å². The first kappa shape index (κ1) is 10.8. The quantitative estimate of drug-likeness (QED) is 0.759. The third kappa shape index (κ3) is 2.15. The molecule has 0 fully saturated rings. The van der Waals surface area contributed by atoms with Crippen molar-refractivity contribution in [1.82, 2.24) is 4.98 Å². The fourth-order valence-corrected chi connectivity index (χ4v) is 1.55.